The topological polar surface area (TPSA) is 47.9 Å². The average Bonchev–Trinajstić information content (AvgIpc) is 2.41. The van der Waals surface area contributed by atoms with Crippen LogP contribution in [0.5, 0.6) is 0 Å². The summed E-state index contributed by atoms with van der Waals surface area (Å²) in [6.07, 6.45) is 2.89. The molecule has 1 aromatic carbocycles. The molecule has 0 aliphatic heterocycles. The molecule has 3 nitrogen and oxygen atoms in total. The zero-order valence-electron chi connectivity index (χ0n) is 13.3. The Kier molecular flexibility index (Phi) is 6.42. The van der Waals surface area contributed by atoms with Crippen molar-refractivity contribution >= 4 is 23.7 Å². The number of rotatable bonds is 6. The second kappa shape index (κ2) is 7.61. The van der Waals surface area contributed by atoms with E-state index in [1.165, 1.54) is 12.3 Å². The minimum atomic E-state index is -0.258. The largest absolute Gasteiger partial charge is 0.393 e. The van der Waals surface area contributed by atoms with Crippen LogP contribution < -0.4 is 10.0 Å². The van der Waals surface area contributed by atoms with Gasteiger partial charge in [0.05, 0.1) is 0 Å². The lowest BCUT2D eigenvalue weighted by atomic mass is 10.0. The van der Waals surface area contributed by atoms with E-state index in [9.17, 15) is 4.39 Å². The summed E-state index contributed by atoms with van der Waals surface area (Å²) in [5.74, 6) is -0.258. The maximum absolute atomic E-state index is 14.3. The zero-order chi connectivity index (χ0) is 16.0. The number of benzene rings is 1. The van der Waals surface area contributed by atoms with Gasteiger partial charge in [-0.15, -0.1) is 0 Å². The predicted molar refractivity (Wildman–Crippen MR) is 91.1 cm³/mol. The van der Waals surface area contributed by atoms with Gasteiger partial charge < -0.3 is 10.7 Å². The van der Waals surface area contributed by atoms with Crippen LogP contribution in [0.2, 0.25) is 0 Å². The van der Waals surface area contributed by atoms with Crippen molar-refractivity contribution in [3.05, 3.63) is 41.3 Å². The van der Waals surface area contributed by atoms with Gasteiger partial charge in [0.25, 0.3) is 0 Å². The first-order chi connectivity index (χ1) is 9.78. The highest BCUT2D eigenvalue weighted by atomic mass is 32.2. The second-order valence-corrected chi connectivity index (χ2v) is 7.49. The van der Waals surface area contributed by atoms with E-state index in [2.05, 4.69) is 30.8 Å². The molecule has 0 amide bonds. The summed E-state index contributed by atoms with van der Waals surface area (Å²) < 4.78 is 17.6. The Labute approximate surface area is 131 Å². The molecule has 0 heterocycles. The number of halogens is 1. The molecule has 0 radical (unpaired) electrons. The molecular formula is C16H24FN3S. The molecule has 0 bridgehead atoms. The molecule has 1 unspecified atom stereocenters. The summed E-state index contributed by atoms with van der Waals surface area (Å²) in [4.78, 5) is 0. The fourth-order valence-electron chi connectivity index (χ4n) is 1.75. The van der Waals surface area contributed by atoms with Gasteiger partial charge >= 0.3 is 0 Å². The van der Waals surface area contributed by atoms with Crippen LogP contribution in [0.4, 0.5) is 4.39 Å². The van der Waals surface area contributed by atoms with Crippen molar-refractivity contribution in [1.29, 1.82) is 5.41 Å². The first kappa shape index (κ1) is 17.7. The van der Waals surface area contributed by atoms with Crippen molar-refractivity contribution < 1.29 is 4.39 Å². The molecule has 1 atom stereocenters. The van der Waals surface area contributed by atoms with Crippen molar-refractivity contribution in [2.24, 2.45) is 0 Å². The average molecular weight is 309 g/mol. The third kappa shape index (κ3) is 5.52. The lowest BCUT2D eigenvalue weighted by Gasteiger charge is -2.22. The van der Waals surface area contributed by atoms with Crippen LogP contribution in [0.15, 0.2) is 24.4 Å². The summed E-state index contributed by atoms with van der Waals surface area (Å²) in [7, 11) is 1.75. The van der Waals surface area contributed by atoms with Crippen LogP contribution in [-0.2, 0) is 0 Å². The molecule has 1 aromatic rings. The van der Waals surface area contributed by atoms with Gasteiger partial charge in [-0.1, -0.05) is 24.1 Å². The van der Waals surface area contributed by atoms with Gasteiger partial charge in [0, 0.05) is 41.4 Å². The Hall–Kier alpha value is -1.33. The van der Waals surface area contributed by atoms with E-state index in [1.54, 1.807) is 31.3 Å². The van der Waals surface area contributed by atoms with Gasteiger partial charge in [-0.3, -0.25) is 4.72 Å². The van der Waals surface area contributed by atoms with Crippen molar-refractivity contribution in [1.82, 2.24) is 10.0 Å². The van der Waals surface area contributed by atoms with Crippen LogP contribution in [0, 0.1) is 11.2 Å². The van der Waals surface area contributed by atoms with Crippen LogP contribution in [0.3, 0.4) is 0 Å². The van der Waals surface area contributed by atoms with Crippen molar-refractivity contribution in [2.45, 2.75) is 38.5 Å². The van der Waals surface area contributed by atoms with Gasteiger partial charge in [-0.2, -0.15) is 0 Å². The monoisotopic (exact) mass is 309 g/mol. The molecule has 1 rings (SSSR count). The Bertz CT molecular complexity index is 521. The van der Waals surface area contributed by atoms with Crippen LogP contribution in [0.1, 0.15) is 44.9 Å². The van der Waals surface area contributed by atoms with Gasteiger partial charge in [0.2, 0.25) is 0 Å². The fraction of sp³-hybridized carbons (Fsp3) is 0.438. The number of nitrogens with one attached hydrogen (secondary N) is 3. The van der Waals surface area contributed by atoms with E-state index in [0.717, 1.165) is 0 Å². The highest BCUT2D eigenvalue weighted by molar-refractivity contribution is 7.98. The highest BCUT2D eigenvalue weighted by Gasteiger charge is 2.16. The van der Waals surface area contributed by atoms with Gasteiger partial charge in [-0.05, 0) is 39.3 Å². The summed E-state index contributed by atoms with van der Waals surface area (Å²) in [6.45, 7) is 8.26. The second-order valence-electron chi connectivity index (χ2n) is 5.82. The summed E-state index contributed by atoms with van der Waals surface area (Å²) in [5.41, 5.74) is 1.97. The maximum atomic E-state index is 14.3. The number of hydrogen-bond acceptors (Lipinski definition) is 4. The summed E-state index contributed by atoms with van der Waals surface area (Å²) >= 11 is 1.59. The maximum Gasteiger partial charge on any atom is 0.128 e. The molecule has 116 valence electrons. The highest BCUT2D eigenvalue weighted by Crippen LogP contribution is 2.26. The van der Waals surface area contributed by atoms with E-state index in [4.69, 9.17) is 5.41 Å². The molecule has 21 heavy (non-hydrogen) atoms. The standard InChI is InChI=1S/C16H24FN3S/c1-11(20-21-16(2,3)4)14-7-6-12(8-15(14)17)13(9-18)10-19-5/h6-11,18-20H,1-5H3/b13-10+,18-9?. The zero-order valence-corrected chi connectivity index (χ0v) is 14.1. The smallest absolute Gasteiger partial charge is 0.128 e. The number of hydrogen-bond donors (Lipinski definition) is 3. The molecule has 5 heteroatoms. The van der Waals surface area contributed by atoms with E-state index in [1.807, 2.05) is 13.0 Å². The van der Waals surface area contributed by atoms with Gasteiger partial charge in [0.1, 0.15) is 5.82 Å². The van der Waals surface area contributed by atoms with E-state index >= 15 is 0 Å². The van der Waals surface area contributed by atoms with Crippen LogP contribution in [0.25, 0.3) is 5.57 Å². The summed E-state index contributed by atoms with van der Waals surface area (Å²) in [6, 6.07) is 5.01. The number of allylic oxidation sites excluding steroid dienone is 1. The first-order valence-electron chi connectivity index (χ1n) is 6.89. The third-order valence-corrected chi connectivity index (χ3v) is 3.88. The molecule has 0 aromatic heterocycles. The Morgan fingerprint density at radius 1 is 1.38 bits per heavy atom. The van der Waals surface area contributed by atoms with Gasteiger partial charge in [-0.25, -0.2) is 4.39 Å². The minimum absolute atomic E-state index is 0.0769. The summed E-state index contributed by atoms with van der Waals surface area (Å²) in [5, 5.41) is 10.2. The van der Waals surface area contributed by atoms with Crippen molar-refractivity contribution in [3.63, 3.8) is 0 Å². The Balaban J connectivity index is 2.92. The van der Waals surface area contributed by atoms with E-state index < -0.39 is 0 Å². The molecule has 0 spiro atoms. The molecular weight excluding hydrogens is 285 g/mol. The quantitative estimate of drug-likeness (QED) is 0.547. The normalized spacial score (nSPS) is 13.9. The predicted octanol–water partition coefficient (Wildman–Crippen LogP) is 4.13. The van der Waals surface area contributed by atoms with Gasteiger partial charge in [0.15, 0.2) is 0 Å². The van der Waals surface area contributed by atoms with Crippen molar-refractivity contribution in [3.8, 4) is 0 Å². The van der Waals surface area contributed by atoms with E-state index in [0.29, 0.717) is 16.7 Å². The molecule has 0 aliphatic carbocycles. The molecule has 3 N–H and O–H groups in total. The first-order valence-corrected chi connectivity index (χ1v) is 7.71. The van der Waals surface area contributed by atoms with Crippen LogP contribution >= 0.6 is 11.9 Å². The molecule has 0 fully saturated rings. The lowest BCUT2D eigenvalue weighted by Crippen LogP contribution is -2.20. The van der Waals surface area contributed by atoms with Crippen LogP contribution in [-0.4, -0.2) is 18.0 Å². The Morgan fingerprint density at radius 2 is 2.05 bits per heavy atom. The SMILES string of the molecule is CN/C=C(\C=N)c1ccc(C(C)NSC(C)(C)C)c(F)c1. The Morgan fingerprint density at radius 3 is 2.52 bits per heavy atom. The molecule has 0 aliphatic rings. The minimum Gasteiger partial charge on any atom is -0.393 e. The third-order valence-electron chi connectivity index (χ3n) is 2.80. The van der Waals surface area contributed by atoms with Crippen molar-refractivity contribution in [2.75, 3.05) is 7.05 Å². The molecule has 0 saturated carbocycles. The van der Waals surface area contributed by atoms with E-state index in [-0.39, 0.29) is 16.6 Å². The molecule has 0 saturated heterocycles. The lowest BCUT2D eigenvalue weighted by molar-refractivity contribution is 0.583. The fourth-order valence-corrected chi connectivity index (χ4v) is 2.41.